The number of benzene rings is 1. The molecule has 2 rings (SSSR count). The Morgan fingerprint density at radius 1 is 1.30 bits per heavy atom. The molecule has 0 heterocycles. The van der Waals surface area contributed by atoms with Crippen molar-refractivity contribution in [1.29, 1.82) is 0 Å². The van der Waals surface area contributed by atoms with E-state index in [1.165, 1.54) is 12.1 Å². The van der Waals surface area contributed by atoms with Crippen LogP contribution in [0.2, 0.25) is 0 Å². The molecule has 4 heteroatoms. The van der Waals surface area contributed by atoms with Crippen LogP contribution in [-0.4, -0.2) is 17.9 Å². The summed E-state index contributed by atoms with van der Waals surface area (Å²) in [7, 11) is 0. The molecule has 20 heavy (non-hydrogen) atoms. The van der Waals surface area contributed by atoms with Gasteiger partial charge in [-0.15, -0.1) is 0 Å². The predicted molar refractivity (Wildman–Crippen MR) is 72.7 cm³/mol. The predicted octanol–water partition coefficient (Wildman–Crippen LogP) is 3.01. The lowest BCUT2D eigenvalue weighted by Crippen LogP contribution is -2.35. The van der Waals surface area contributed by atoms with Gasteiger partial charge < -0.3 is 9.53 Å². The van der Waals surface area contributed by atoms with Gasteiger partial charge in [-0.05, 0) is 44.9 Å². The molecule has 0 N–H and O–H groups in total. The standard InChI is InChI=1S/C16H19FO3/c1-14(2,3)20-13(19)16(9-15(16,4)10-18)11-5-7-12(17)8-6-11/h5-8,10H,9H2,1-4H3/t15-,16+/m1/s1. The lowest BCUT2D eigenvalue weighted by Gasteiger charge is -2.26. The maximum Gasteiger partial charge on any atom is 0.318 e. The molecule has 1 aromatic rings. The highest BCUT2D eigenvalue weighted by Crippen LogP contribution is 2.64. The third-order valence-electron chi connectivity index (χ3n) is 3.83. The monoisotopic (exact) mass is 278 g/mol. The number of esters is 1. The van der Waals surface area contributed by atoms with E-state index in [4.69, 9.17) is 4.74 Å². The Morgan fingerprint density at radius 3 is 2.25 bits per heavy atom. The van der Waals surface area contributed by atoms with Crippen LogP contribution in [0, 0.1) is 11.2 Å². The number of hydrogen-bond acceptors (Lipinski definition) is 3. The highest BCUT2D eigenvalue weighted by molar-refractivity contribution is 5.95. The van der Waals surface area contributed by atoms with Crippen LogP contribution in [0.25, 0.3) is 0 Å². The summed E-state index contributed by atoms with van der Waals surface area (Å²) in [5.41, 5.74) is -1.78. The summed E-state index contributed by atoms with van der Waals surface area (Å²) in [6.07, 6.45) is 1.18. The summed E-state index contributed by atoms with van der Waals surface area (Å²) < 4.78 is 18.5. The van der Waals surface area contributed by atoms with Gasteiger partial charge in [0.1, 0.15) is 23.1 Å². The Balaban J connectivity index is 2.41. The first-order chi connectivity index (χ1) is 9.14. The normalized spacial score (nSPS) is 28.9. The Hall–Kier alpha value is -1.71. The second-order valence-corrected chi connectivity index (χ2v) is 6.63. The zero-order valence-corrected chi connectivity index (χ0v) is 12.2. The van der Waals surface area contributed by atoms with Crippen LogP contribution in [0.3, 0.4) is 0 Å². The van der Waals surface area contributed by atoms with E-state index in [0.717, 1.165) is 6.29 Å². The lowest BCUT2D eigenvalue weighted by atomic mass is 9.87. The van der Waals surface area contributed by atoms with Crippen molar-refractivity contribution in [2.75, 3.05) is 0 Å². The topological polar surface area (TPSA) is 43.4 Å². The minimum absolute atomic E-state index is 0.374. The number of carbonyl (C=O) groups excluding carboxylic acids is 2. The summed E-state index contributed by atoms with van der Waals surface area (Å²) in [5, 5.41) is 0. The Labute approximate surface area is 118 Å². The van der Waals surface area contributed by atoms with E-state index in [9.17, 15) is 14.0 Å². The molecule has 1 aliphatic carbocycles. The quantitative estimate of drug-likeness (QED) is 0.630. The molecule has 2 atom stereocenters. The molecule has 1 saturated carbocycles. The lowest BCUT2D eigenvalue weighted by molar-refractivity contribution is -0.159. The molecule has 0 aromatic heterocycles. The van der Waals surface area contributed by atoms with Crippen LogP contribution >= 0.6 is 0 Å². The maximum atomic E-state index is 13.1. The van der Waals surface area contributed by atoms with E-state index < -0.39 is 22.4 Å². The molecule has 0 aliphatic heterocycles. The summed E-state index contributed by atoms with van der Waals surface area (Å²) >= 11 is 0. The van der Waals surface area contributed by atoms with Crippen molar-refractivity contribution in [2.45, 2.75) is 45.1 Å². The number of aldehydes is 1. The molecule has 3 nitrogen and oxygen atoms in total. The molecule has 0 spiro atoms. The molecule has 1 aliphatic rings. The van der Waals surface area contributed by atoms with Crippen molar-refractivity contribution >= 4 is 12.3 Å². The van der Waals surface area contributed by atoms with Crippen LogP contribution in [0.1, 0.15) is 39.7 Å². The van der Waals surface area contributed by atoms with Gasteiger partial charge in [-0.3, -0.25) is 4.79 Å². The van der Waals surface area contributed by atoms with Crippen LogP contribution in [0.15, 0.2) is 24.3 Å². The van der Waals surface area contributed by atoms with Crippen LogP contribution in [-0.2, 0) is 19.7 Å². The zero-order valence-electron chi connectivity index (χ0n) is 12.2. The molecule has 0 amide bonds. The third-order valence-corrected chi connectivity index (χ3v) is 3.83. The van der Waals surface area contributed by atoms with E-state index in [1.807, 2.05) is 0 Å². The average molecular weight is 278 g/mol. The van der Waals surface area contributed by atoms with Gasteiger partial charge in [-0.25, -0.2) is 4.39 Å². The minimum atomic E-state index is -0.990. The molecule has 1 fully saturated rings. The first-order valence-corrected chi connectivity index (χ1v) is 6.60. The van der Waals surface area contributed by atoms with E-state index in [0.29, 0.717) is 12.0 Å². The number of rotatable bonds is 3. The second-order valence-electron chi connectivity index (χ2n) is 6.63. The van der Waals surface area contributed by atoms with E-state index in [2.05, 4.69) is 0 Å². The number of hydrogen-bond donors (Lipinski definition) is 0. The molecule has 0 radical (unpaired) electrons. The van der Waals surface area contributed by atoms with Gasteiger partial charge in [0.05, 0.1) is 0 Å². The molecule has 1 aromatic carbocycles. The van der Waals surface area contributed by atoms with Crippen molar-refractivity contribution < 1.29 is 18.7 Å². The largest absolute Gasteiger partial charge is 0.459 e. The summed E-state index contributed by atoms with van der Waals surface area (Å²) in [5.74, 6) is -0.798. The van der Waals surface area contributed by atoms with Crippen molar-refractivity contribution in [1.82, 2.24) is 0 Å². The summed E-state index contributed by atoms with van der Waals surface area (Å²) in [6, 6.07) is 5.69. The van der Waals surface area contributed by atoms with Crippen molar-refractivity contribution in [3.8, 4) is 0 Å². The van der Waals surface area contributed by atoms with Gasteiger partial charge in [0.25, 0.3) is 0 Å². The molecular weight excluding hydrogens is 259 g/mol. The van der Waals surface area contributed by atoms with Gasteiger partial charge in [0.2, 0.25) is 0 Å². The first kappa shape index (κ1) is 14.7. The average Bonchev–Trinajstić information content (AvgIpc) is 2.97. The van der Waals surface area contributed by atoms with Gasteiger partial charge >= 0.3 is 5.97 Å². The molecule has 0 bridgehead atoms. The maximum absolute atomic E-state index is 13.1. The first-order valence-electron chi connectivity index (χ1n) is 6.60. The third kappa shape index (κ3) is 2.23. The van der Waals surface area contributed by atoms with Gasteiger partial charge in [0.15, 0.2) is 0 Å². The highest BCUT2D eigenvalue weighted by atomic mass is 19.1. The highest BCUT2D eigenvalue weighted by Gasteiger charge is 2.71. The SMILES string of the molecule is CC(C)(C)OC(=O)[C@@]1(c2ccc(F)cc2)C[C@]1(C)C=O. The smallest absolute Gasteiger partial charge is 0.318 e. The summed E-state index contributed by atoms with van der Waals surface area (Å²) in [4.78, 5) is 23.9. The van der Waals surface area contributed by atoms with Gasteiger partial charge in [0, 0.05) is 5.41 Å². The van der Waals surface area contributed by atoms with E-state index >= 15 is 0 Å². The molecule has 108 valence electrons. The van der Waals surface area contributed by atoms with Gasteiger partial charge in [-0.2, -0.15) is 0 Å². The van der Waals surface area contributed by atoms with E-state index in [1.54, 1.807) is 39.8 Å². The fraction of sp³-hybridized carbons (Fsp3) is 0.500. The van der Waals surface area contributed by atoms with Gasteiger partial charge in [-0.1, -0.05) is 19.1 Å². The zero-order chi connectivity index (χ0) is 15.2. The number of ether oxygens (including phenoxy) is 1. The van der Waals surface area contributed by atoms with Crippen LogP contribution < -0.4 is 0 Å². The summed E-state index contributed by atoms with van der Waals surface area (Å²) in [6.45, 7) is 7.07. The molecule has 0 unspecified atom stereocenters. The van der Waals surface area contributed by atoms with E-state index in [-0.39, 0.29) is 5.82 Å². The Kier molecular flexibility index (Phi) is 3.23. The van der Waals surface area contributed by atoms with Crippen LogP contribution in [0.4, 0.5) is 4.39 Å². The minimum Gasteiger partial charge on any atom is -0.459 e. The fourth-order valence-electron chi connectivity index (χ4n) is 2.60. The van der Waals surface area contributed by atoms with Crippen LogP contribution in [0.5, 0.6) is 0 Å². The number of halogens is 1. The molecule has 0 saturated heterocycles. The van der Waals surface area contributed by atoms with Crippen molar-refractivity contribution in [3.63, 3.8) is 0 Å². The van der Waals surface area contributed by atoms with Crippen molar-refractivity contribution in [3.05, 3.63) is 35.6 Å². The number of carbonyl (C=O) groups is 2. The second kappa shape index (κ2) is 4.40. The van der Waals surface area contributed by atoms with Crippen molar-refractivity contribution in [2.24, 2.45) is 5.41 Å². The Morgan fingerprint density at radius 2 is 1.85 bits per heavy atom. The fourth-order valence-corrected chi connectivity index (χ4v) is 2.60. The molecular formula is C16H19FO3. The Bertz CT molecular complexity index is 544.